The Balaban J connectivity index is 2.66. The third-order valence-electron chi connectivity index (χ3n) is 3.61. The third kappa shape index (κ3) is 4.73. The smallest absolute Gasteiger partial charge is 0.224 e. The number of hydrogen-bond donors (Lipinski definition) is 2. The van der Waals surface area contributed by atoms with Crippen molar-refractivity contribution in [1.82, 2.24) is 5.32 Å². The molecule has 6 heteroatoms. The molecular weight excluding hydrogens is 295 g/mol. The topological polar surface area (TPSA) is 49.3 Å². The van der Waals surface area contributed by atoms with Gasteiger partial charge in [-0.1, -0.05) is 27.7 Å². The Hall–Kier alpha value is -1.56. The average molecular weight is 317 g/mol. The van der Waals surface area contributed by atoms with Gasteiger partial charge in [-0.2, -0.15) is 0 Å². The van der Waals surface area contributed by atoms with Crippen LogP contribution >= 0.6 is 0 Å². The van der Waals surface area contributed by atoms with E-state index >= 15 is 0 Å². The molecule has 124 valence electrons. The lowest BCUT2D eigenvalue weighted by Gasteiger charge is -2.33. The second-order valence-electron chi connectivity index (χ2n) is 6.49. The van der Waals surface area contributed by atoms with Gasteiger partial charge in [0, 0.05) is 23.6 Å². The van der Waals surface area contributed by atoms with Crippen molar-refractivity contribution in [1.29, 1.82) is 0 Å². The fourth-order valence-corrected chi connectivity index (χ4v) is 2.27. The Labute approximate surface area is 128 Å². The number of nitrogens with one attached hydrogen (secondary N) is 1. The zero-order chi connectivity index (χ0) is 17.1. The Morgan fingerprint density at radius 1 is 1.18 bits per heavy atom. The van der Waals surface area contributed by atoms with E-state index in [0.29, 0.717) is 12.1 Å². The van der Waals surface area contributed by atoms with Crippen LogP contribution in [-0.2, 0) is 11.2 Å². The number of aliphatic hydroxyl groups excluding tert-OH is 1. The van der Waals surface area contributed by atoms with E-state index in [-0.39, 0.29) is 18.0 Å². The van der Waals surface area contributed by atoms with Crippen LogP contribution in [0.5, 0.6) is 0 Å². The van der Waals surface area contributed by atoms with Crippen LogP contribution in [0, 0.1) is 28.8 Å². The molecule has 0 spiro atoms. The summed E-state index contributed by atoms with van der Waals surface area (Å²) in [5, 5.41) is 12.7. The van der Waals surface area contributed by atoms with Gasteiger partial charge in [-0.25, -0.2) is 13.2 Å². The maximum atomic E-state index is 13.5. The third-order valence-corrected chi connectivity index (χ3v) is 3.61. The zero-order valence-corrected chi connectivity index (χ0v) is 13.2. The van der Waals surface area contributed by atoms with Gasteiger partial charge in [0.25, 0.3) is 0 Å². The van der Waals surface area contributed by atoms with Crippen molar-refractivity contribution < 1.29 is 23.1 Å². The molecule has 0 radical (unpaired) electrons. The van der Waals surface area contributed by atoms with E-state index in [1.165, 1.54) is 0 Å². The van der Waals surface area contributed by atoms with Gasteiger partial charge in [0.1, 0.15) is 5.82 Å². The van der Waals surface area contributed by atoms with Crippen LogP contribution in [0.25, 0.3) is 0 Å². The second kappa shape index (κ2) is 7.13. The molecule has 22 heavy (non-hydrogen) atoms. The molecule has 0 aromatic heterocycles. The molecule has 0 aliphatic heterocycles. The molecule has 0 aliphatic carbocycles. The molecule has 3 nitrogen and oxygen atoms in total. The standard InChI is InChI=1S/C16H22F3NO2/c1-9(2)15(22)16(3,4)8-20-14(21)6-10-5-12(18)13(19)7-11(10)17/h5,7,9,15,22H,6,8H2,1-4H3,(H,20,21). The molecule has 0 fully saturated rings. The molecule has 1 aromatic rings. The highest BCUT2D eigenvalue weighted by Crippen LogP contribution is 2.25. The average Bonchev–Trinajstić information content (AvgIpc) is 2.41. The molecule has 0 bridgehead atoms. The molecule has 0 heterocycles. The minimum Gasteiger partial charge on any atom is -0.392 e. The van der Waals surface area contributed by atoms with E-state index in [9.17, 15) is 23.1 Å². The van der Waals surface area contributed by atoms with Crippen molar-refractivity contribution in [2.45, 2.75) is 40.2 Å². The molecular formula is C16H22F3NO2. The monoisotopic (exact) mass is 317 g/mol. The first-order valence-electron chi connectivity index (χ1n) is 7.12. The summed E-state index contributed by atoms with van der Waals surface area (Å²) >= 11 is 0. The lowest BCUT2D eigenvalue weighted by atomic mass is 9.80. The fourth-order valence-electron chi connectivity index (χ4n) is 2.27. The van der Waals surface area contributed by atoms with Crippen molar-refractivity contribution in [3.05, 3.63) is 35.1 Å². The molecule has 0 aliphatic rings. The van der Waals surface area contributed by atoms with E-state index in [2.05, 4.69) is 5.32 Å². The largest absolute Gasteiger partial charge is 0.392 e. The van der Waals surface area contributed by atoms with Crippen LogP contribution in [0.4, 0.5) is 13.2 Å². The maximum absolute atomic E-state index is 13.5. The minimum atomic E-state index is -1.29. The number of aliphatic hydroxyl groups is 1. The van der Waals surface area contributed by atoms with Crippen LogP contribution in [0.3, 0.4) is 0 Å². The quantitative estimate of drug-likeness (QED) is 0.793. The van der Waals surface area contributed by atoms with Crippen LogP contribution in [-0.4, -0.2) is 23.7 Å². The van der Waals surface area contributed by atoms with Gasteiger partial charge >= 0.3 is 0 Å². The van der Waals surface area contributed by atoms with E-state index in [4.69, 9.17) is 0 Å². The summed E-state index contributed by atoms with van der Waals surface area (Å²) in [5.74, 6) is -3.94. The van der Waals surface area contributed by atoms with Gasteiger partial charge in [-0.3, -0.25) is 4.79 Å². The summed E-state index contributed by atoms with van der Waals surface area (Å²) in [6.45, 7) is 7.53. The molecule has 0 saturated carbocycles. The maximum Gasteiger partial charge on any atom is 0.224 e. The van der Waals surface area contributed by atoms with Gasteiger partial charge < -0.3 is 10.4 Å². The first-order valence-corrected chi connectivity index (χ1v) is 7.12. The highest BCUT2D eigenvalue weighted by Gasteiger charge is 2.30. The summed E-state index contributed by atoms with van der Waals surface area (Å²) in [7, 11) is 0. The summed E-state index contributed by atoms with van der Waals surface area (Å²) in [6.07, 6.45) is -1.01. The Bertz CT molecular complexity index is 544. The normalized spacial score (nSPS) is 13.3. The number of halogens is 3. The lowest BCUT2D eigenvalue weighted by molar-refractivity contribution is -0.121. The van der Waals surface area contributed by atoms with Crippen molar-refractivity contribution in [3.63, 3.8) is 0 Å². The highest BCUT2D eigenvalue weighted by molar-refractivity contribution is 5.78. The number of carbonyl (C=O) groups is 1. The first-order chi connectivity index (χ1) is 10.0. The van der Waals surface area contributed by atoms with Gasteiger partial charge in [-0.15, -0.1) is 0 Å². The molecule has 1 atom stereocenters. The van der Waals surface area contributed by atoms with Crippen molar-refractivity contribution in [2.24, 2.45) is 11.3 Å². The van der Waals surface area contributed by atoms with Gasteiger partial charge in [-0.05, 0) is 12.0 Å². The van der Waals surface area contributed by atoms with Crippen LogP contribution in [0.15, 0.2) is 12.1 Å². The fraction of sp³-hybridized carbons (Fsp3) is 0.562. The molecule has 0 saturated heterocycles. The molecule has 1 unspecified atom stereocenters. The van der Waals surface area contributed by atoms with Gasteiger partial charge in [0.05, 0.1) is 12.5 Å². The van der Waals surface area contributed by atoms with Crippen LogP contribution in [0.1, 0.15) is 33.3 Å². The predicted octanol–water partition coefficient (Wildman–Crippen LogP) is 2.81. The number of rotatable bonds is 6. The van der Waals surface area contributed by atoms with Gasteiger partial charge in [0.2, 0.25) is 5.91 Å². The van der Waals surface area contributed by atoms with Gasteiger partial charge in [0.15, 0.2) is 11.6 Å². The van der Waals surface area contributed by atoms with Crippen molar-refractivity contribution in [2.75, 3.05) is 6.54 Å². The second-order valence-corrected chi connectivity index (χ2v) is 6.49. The molecule has 1 rings (SSSR count). The SMILES string of the molecule is CC(C)C(O)C(C)(C)CNC(=O)Cc1cc(F)c(F)cc1F. The lowest BCUT2D eigenvalue weighted by Crippen LogP contribution is -2.44. The minimum absolute atomic E-state index is 0.0236. The summed E-state index contributed by atoms with van der Waals surface area (Å²) in [5.41, 5.74) is -0.769. The highest BCUT2D eigenvalue weighted by atomic mass is 19.2. The zero-order valence-electron chi connectivity index (χ0n) is 13.2. The Morgan fingerprint density at radius 3 is 2.27 bits per heavy atom. The first kappa shape index (κ1) is 18.5. The number of amides is 1. The Morgan fingerprint density at radius 2 is 1.73 bits per heavy atom. The van der Waals surface area contributed by atoms with E-state index in [0.717, 1.165) is 0 Å². The van der Waals surface area contributed by atoms with Crippen LogP contribution in [0.2, 0.25) is 0 Å². The van der Waals surface area contributed by atoms with Crippen molar-refractivity contribution in [3.8, 4) is 0 Å². The molecule has 1 amide bonds. The molecule has 2 N–H and O–H groups in total. The van der Waals surface area contributed by atoms with E-state index < -0.39 is 41.3 Å². The summed E-state index contributed by atoms with van der Waals surface area (Å²) in [4.78, 5) is 11.8. The van der Waals surface area contributed by atoms with E-state index in [1.807, 2.05) is 13.8 Å². The van der Waals surface area contributed by atoms with Crippen LogP contribution < -0.4 is 5.32 Å². The Kier molecular flexibility index (Phi) is 6.00. The summed E-state index contributed by atoms with van der Waals surface area (Å²) < 4.78 is 39.4. The molecule has 1 aromatic carbocycles. The van der Waals surface area contributed by atoms with E-state index in [1.54, 1.807) is 13.8 Å². The number of carbonyl (C=O) groups excluding carboxylic acids is 1. The summed E-state index contributed by atoms with van der Waals surface area (Å²) in [6, 6.07) is 1.10. The predicted molar refractivity (Wildman–Crippen MR) is 77.7 cm³/mol. The number of hydrogen-bond acceptors (Lipinski definition) is 2. The number of benzene rings is 1. The van der Waals surface area contributed by atoms with Crippen molar-refractivity contribution >= 4 is 5.91 Å².